The molecule has 1 fully saturated rings. The Labute approximate surface area is 85.3 Å². The molecule has 0 amide bonds. The van der Waals surface area contributed by atoms with Crippen LogP contribution < -0.4 is 5.32 Å². The van der Waals surface area contributed by atoms with Crippen LogP contribution in [0.25, 0.3) is 0 Å². The topological polar surface area (TPSA) is 75.1 Å². The van der Waals surface area contributed by atoms with Crippen LogP contribution in [0.2, 0.25) is 0 Å². The number of carbonyl (C=O) groups is 1. The maximum atomic E-state index is 11.2. The van der Waals surface area contributed by atoms with Gasteiger partial charge < -0.3 is 10.4 Å². The highest BCUT2D eigenvalue weighted by atomic mass is 32.1. The number of carboxylic acid groups (broad SMARTS) is 1. The van der Waals surface area contributed by atoms with Gasteiger partial charge in [0.05, 0.1) is 11.1 Å². The van der Waals surface area contributed by atoms with Crippen LogP contribution in [0.5, 0.6) is 0 Å². The average molecular weight is 213 g/mol. The molecule has 1 atom stereocenters. The molecular formula is C8H11N3O2S. The van der Waals surface area contributed by atoms with Gasteiger partial charge in [0.2, 0.25) is 0 Å². The summed E-state index contributed by atoms with van der Waals surface area (Å²) < 4.78 is 3.73. The van der Waals surface area contributed by atoms with Gasteiger partial charge in [0.25, 0.3) is 0 Å². The molecule has 1 unspecified atom stereocenters. The number of nitrogens with zero attached hydrogens (tertiary/aromatic N) is 2. The zero-order chi connectivity index (χ0) is 10.0. The van der Waals surface area contributed by atoms with Crippen molar-refractivity contribution in [2.45, 2.75) is 12.8 Å². The van der Waals surface area contributed by atoms with Crippen LogP contribution in [-0.4, -0.2) is 33.8 Å². The van der Waals surface area contributed by atoms with Crippen molar-refractivity contribution in [3.8, 4) is 0 Å². The van der Waals surface area contributed by atoms with Crippen molar-refractivity contribution in [3.63, 3.8) is 0 Å². The Bertz CT molecular complexity index is 319. The quantitative estimate of drug-likeness (QED) is 0.747. The van der Waals surface area contributed by atoms with Crippen molar-refractivity contribution in [3.05, 3.63) is 11.1 Å². The van der Waals surface area contributed by atoms with Crippen LogP contribution in [-0.2, 0) is 11.2 Å². The number of hydrogen-bond acceptors (Lipinski definition) is 5. The molecule has 0 aromatic carbocycles. The molecule has 1 aliphatic heterocycles. The normalized spacial score (nSPS) is 26.6. The van der Waals surface area contributed by atoms with Gasteiger partial charge >= 0.3 is 5.97 Å². The smallest absolute Gasteiger partial charge is 0.311 e. The van der Waals surface area contributed by atoms with Crippen LogP contribution in [0, 0.1) is 5.41 Å². The highest BCUT2D eigenvalue weighted by Crippen LogP contribution is 2.29. The van der Waals surface area contributed by atoms with Crippen LogP contribution in [0.15, 0.2) is 5.38 Å². The number of carboxylic acids is 1. The van der Waals surface area contributed by atoms with Gasteiger partial charge in [0, 0.05) is 18.3 Å². The largest absolute Gasteiger partial charge is 0.481 e. The summed E-state index contributed by atoms with van der Waals surface area (Å²) in [7, 11) is 0. The van der Waals surface area contributed by atoms with E-state index in [1.165, 1.54) is 11.5 Å². The van der Waals surface area contributed by atoms with Gasteiger partial charge in [-0.15, -0.1) is 5.10 Å². The van der Waals surface area contributed by atoms with Gasteiger partial charge in [0.15, 0.2) is 0 Å². The summed E-state index contributed by atoms with van der Waals surface area (Å²) in [4.78, 5) is 11.2. The lowest BCUT2D eigenvalue weighted by Crippen LogP contribution is -2.35. The molecule has 1 saturated heterocycles. The Hall–Kier alpha value is -1.01. The van der Waals surface area contributed by atoms with E-state index < -0.39 is 11.4 Å². The van der Waals surface area contributed by atoms with Crippen molar-refractivity contribution in [2.75, 3.05) is 13.1 Å². The molecule has 0 bridgehead atoms. The maximum absolute atomic E-state index is 11.2. The van der Waals surface area contributed by atoms with E-state index in [9.17, 15) is 9.90 Å². The minimum atomic E-state index is -0.740. The van der Waals surface area contributed by atoms with E-state index in [2.05, 4.69) is 14.9 Å². The standard InChI is InChI=1S/C8H11N3O2S/c12-7(13)8(1-2-9-5-8)3-6-4-14-11-10-6/h4,9H,1-3,5H2,(H,12,13). The van der Waals surface area contributed by atoms with Crippen LogP contribution in [0.1, 0.15) is 12.1 Å². The van der Waals surface area contributed by atoms with E-state index in [-0.39, 0.29) is 0 Å². The fourth-order valence-corrected chi connectivity index (χ4v) is 2.21. The Morgan fingerprint density at radius 1 is 1.79 bits per heavy atom. The summed E-state index contributed by atoms with van der Waals surface area (Å²) in [6, 6.07) is 0. The monoisotopic (exact) mass is 213 g/mol. The van der Waals surface area contributed by atoms with E-state index in [4.69, 9.17) is 0 Å². The molecule has 2 heterocycles. The molecule has 1 aromatic heterocycles. The molecule has 0 spiro atoms. The number of aliphatic carboxylic acids is 1. The first-order chi connectivity index (χ1) is 6.73. The lowest BCUT2D eigenvalue weighted by Gasteiger charge is -2.21. The van der Waals surface area contributed by atoms with Crippen LogP contribution in [0.4, 0.5) is 0 Å². The number of rotatable bonds is 3. The first kappa shape index (κ1) is 9.54. The van der Waals surface area contributed by atoms with E-state index in [0.29, 0.717) is 19.4 Å². The third-order valence-electron chi connectivity index (χ3n) is 2.62. The third kappa shape index (κ3) is 1.62. The minimum absolute atomic E-state index is 0.478. The second-order valence-corrected chi connectivity index (χ2v) is 4.20. The highest BCUT2D eigenvalue weighted by molar-refractivity contribution is 7.03. The van der Waals surface area contributed by atoms with Gasteiger partial charge in [0.1, 0.15) is 0 Å². The van der Waals surface area contributed by atoms with Crippen molar-refractivity contribution >= 4 is 17.5 Å². The lowest BCUT2D eigenvalue weighted by atomic mass is 9.83. The number of nitrogens with one attached hydrogen (secondary N) is 1. The minimum Gasteiger partial charge on any atom is -0.481 e. The second kappa shape index (κ2) is 3.62. The highest BCUT2D eigenvalue weighted by Gasteiger charge is 2.41. The van der Waals surface area contributed by atoms with Crippen molar-refractivity contribution in [1.29, 1.82) is 0 Å². The summed E-state index contributed by atoms with van der Waals surface area (Å²) in [5.41, 5.74) is 0.108. The molecule has 2 N–H and O–H groups in total. The molecule has 0 saturated carbocycles. The first-order valence-corrected chi connectivity index (χ1v) is 5.27. The molecule has 2 rings (SSSR count). The molecule has 14 heavy (non-hydrogen) atoms. The average Bonchev–Trinajstić information content (AvgIpc) is 2.76. The molecule has 1 aromatic rings. The Morgan fingerprint density at radius 3 is 3.14 bits per heavy atom. The van der Waals surface area contributed by atoms with Crippen molar-refractivity contribution < 1.29 is 9.90 Å². The van der Waals surface area contributed by atoms with Crippen molar-refractivity contribution in [2.24, 2.45) is 5.41 Å². The zero-order valence-corrected chi connectivity index (χ0v) is 8.38. The van der Waals surface area contributed by atoms with Crippen LogP contribution >= 0.6 is 11.5 Å². The van der Waals surface area contributed by atoms with E-state index in [1.54, 1.807) is 0 Å². The summed E-state index contributed by atoms with van der Waals surface area (Å²) in [6.07, 6.45) is 1.14. The lowest BCUT2D eigenvalue weighted by molar-refractivity contribution is -0.147. The zero-order valence-electron chi connectivity index (χ0n) is 7.56. The van der Waals surface area contributed by atoms with Crippen LogP contribution in [0.3, 0.4) is 0 Å². The SMILES string of the molecule is O=C(O)C1(Cc2csnn2)CCNC1. The molecular weight excluding hydrogens is 202 g/mol. The predicted molar refractivity (Wildman–Crippen MR) is 51.2 cm³/mol. The van der Waals surface area contributed by atoms with E-state index >= 15 is 0 Å². The van der Waals surface area contributed by atoms with Gasteiger partial charge in [-0.25, -0.2) is 0 Å². The Balaban J connectivity index is 2.16. The summed E-state index contributed by atoms with van der Waals surface area (Å²) in [5.74, 6) is -0.740. The third-order valence-corrected chi connectivity index (χ3v) is 3.18. The fourth-order valence-electron chi connectivity index (χ4n) is 1.76. The molecule has 0 aliphatic carbocycles. The summed E-state index contributed by atoms with van der Waals surface area (Å²) >= 11 is 1.26. The van der Waals surface area contributed by atoms with E-state index in [0.717, 1.165) is 12.2 Å². The number of aromatic nitrogens is 2. The molecule has 0 radical (unpaired) electrons. The van der Waals surface area contributed by atoms with Gasteiger partial charge in [-0.1, -0.05) is 4.49 Å². The van der Waals surface area contributed by atoms with Gasteiger partial charge in [-0.05, 0) is 24.5 Å². The Kier molecular flexibility index (Phi) is 2.47. The molecule has 76 valence electrons. The summed E-state index contributed by atoms with van der Waals surface area (Å²) in [6.45, 7) is 1.30. The molecule has 1 aliphatic rings. The maximum Gasteiger partial charge on any atom is 0.311 e. The predicted octanol–water partition coefficient (Wildman–Crippen LogP) is 0.145. The van der Waals surface area contributed by atoms with Gasteiger partial charge in [-0.3, -0.25) is 4.79 Å². The Morgan fingerprint density at radius 2 is 2.64 bits per heavy atom. The van der Waals surface area contributed by atoms with Gasteiger partial charge in [-0.2, -0.15) is 0 Å². The first-order valence-electron chi connectivity index (χ1n) is 4.43. The molecule has 5 nitrogen and oxygen atoms in total. The van der Waals surface area contributed by atoms with E-state index in [1.807, 2.05) is 5.38 Å². The fraction of sp³-hybridized carbons (Fsp3) is 0.625. The molecule has 6 heteroatoms. The second-order valence-electron chi connectivity index (χ2n) is 3.59. The summed E-state index contributed by atoms with van der Waals surface area (Å²) in [5, 5.41) is 18.0. The number of hydrogen-bond donors (Lipinski definition) is 2. The van der Waals surface area contributed by atoms with Crippen molar-refractivity contribution in [1.82, 2.24) is 14.9 Å².